The van der Waals surface area contributed by atoms with Crippen LogP contribution in [-0.2, 0) is 27.8 Å². The van der Waals surface area contributed by atoms with Gasteiger partial charge >= 0.3 is 5.97 Å². The summed E-state index contributed by atoms with van der Waals surface area (Å²) in [5.74, 6) is 4.89. The number of carboxylic acids is 1. The Bertz CT molecular complexity index is 1990. The lowest BCUT2D eigenvalue weighted by Gasteiger charge is -2.56. The molecule has 1 amide bonds. The van der Waals surface area contributed by atoms with Gasteiger partial charge in [0.25, 0.3) is 0 Å². The summed E-state index contributed by atoms with van der Waals surface area (Å²) in [6, 6.07) is 16.0. The van der Waals surface area contributed by atoms with Crippen molar-refractivity contribution < 1.29 is 24.2 Å². The number of amides is 1. The second-order valence-corrected chi connectivity index (χ2v) is 20.6. The molecule has 5 saturated carbocycles. The number of pyridine rings is 1. The van der Waals surface area contributed by atoms with Gasteiger partial charge in [0.2, 0.25) is 5.91 Å². The maximum Gasteiger partial charge on any atom is 0.329 e. The molecule has 8 nitrogen and oxygen atoms in total. The Hall–Kier alpha value is -3.78. The van der Waals surface area contributed by atoms with Crippen molar-refractivity contribution in [2.45, 2.75) is 140 Å². The Morgan fingerprint density at radius 2 is 1.75 bits per heavy atom. The van der Waals surface area contributed by atoms with Crippen molar-refractivity contribution in [1.29, 1.82) is 0 Å². The molecular formula is C50H64ClN3O5. The number of aliphatic carboxylic acids is 1. The second-order valence-electron chi connectivity index (χ2n) is 20.2. The van der Waals surface area contributed by atoms with Gasteiger partial charge in [0.05, 0.1) is 13.2 Å². The number of anilines is 1. The van der Waals surface area contributed by atoms with E-state index >= 15 is 0 Å². The fraction of sp³-hybridized carbons (Fsp3) is 0.620. The molecule has 10 rings (SSSR count). The number of aromatic nitrogens is 1. The first-order chi connectivity index (χ1) is 28.5. The molecule has 0 saturated heterocycles. The highest BCUT2D eigenvalue weighted by Gasteiger charge is 2.54. The number of benzene rings is 2. The molecule has 3 N–H and O–H groups in total. The molecule has 0 radical (unpaired) electrons. The quantitative estimate of drug-likeness (QED) is 0.131. The first-order valence-electron chi connectivity index (χ1n) is 22.9. The van der Waals surface area contributed by atoms with E-state index in [0.717, 1.165) is 73.6 Å². The molecule has 1 heterocycles. The molecular weight excluding hydrogens is 758 g/mol. The molecule has 59 heavy (non-hydrogen) atoms. The summed E-state index contributed by atoms with van der Waals surface area (Å²) in [6.45, 7) is 6.54. The minimum absolute atomic E-state index is 0.145. The summed E-state index contributed by atoms with van der Waals surface area (Å²) in [4.78, 5) is 30.8. The second kappa shape index (κ2) is 16.6. The SMILES string of the molecule is C[C@@H](COc1ccnc2c1[C@H](C)CCC2)CC1Cc2ccc(OCCCC(=O)NCC34CC5CC(CC(C5)C3)C4)cc2C12CCC(Nc1cccc(Cl)c1)(C(=O)O)CC2. The highest BCUT2D eigenvalue weighted by molar-refractivity contribution is 6.30. The molecule has 5 fully saturated rings. The fourth-order valence-corrected chi connectivity index (χ4v) is 13.7. The van der Waals surface area contributed by atoms with E-state index in [4.69, 9.17) is 21.1 Å². The highest BCUT2D eigenvalue weighted by Crippen LogP contribution is 2.60. The van der Waals surface area contributed by atoms with Crippen LogP contribution in [0.15, 0.2) is 54.7 Å². The highest BCUT2D eigenvalue weighted by atomic mass is 35.5. The zero-order chi connectivity index (χ0) is 40.8. The van der Waals surface area contributed by atoms with Crippen LogP contribution in [0.3, 0.4) is 0 Å². The molecule has 7 aliphatic rings. The van der Waals surface area contributed by atoms with Gasteiger partial charge < -0.3 is 25.2 Å². The van der Waals surface area contributed by atoms with Crippen molar-refractivity contribution in [3.63, 3.8) is 0 Å². The number of halogens is 1. The minimum Gasteiger partial charge on any atom is -0.494 e. The van der Waals surface area contributed by atoms with Gasteiger partial charge in [0.1, 0.15) is 17.0 Å². The van der Waals surface area contributed by atoms with Gasteiger partial charge in [0.15, 0.2) is 0 Å². The first kappa shape index (κ1) is 40.6. The van der Waals surface area contributed by atoms with Crippen LogP contribution in [0.2, 0.25) is 5.02 Å². The lowest BCUT2D eigenvalue weighted by atomic mass is 9.49. The standard InChI is InChI=1S/C50H64ClN3O5/c1-32(30-59-44-13-18-52-43-9-3-6-33(2)46(43)44)20-38-24-37-11-12-41(58-19-5-10-45(55)53-31-48-27-34-21-35(28-48)23-36(22-34)29-48)26-42(37)49(38)14-16-50(17-15-49,47(56)57)54-40-8-4-7-39(51)25-40/h4,7-8,11-13,18,25-26,32-36,38,54H,3,5-6,9-10,14-17,19-24,27-31H2,1-2H3,(H,53,55)(H,56,57)/t32-,33-,34?,35?,36?,38?,48?,49?,50?/m1/s1. The number of rotatable bonds is 15. The lowest BCUT2D eigenvalue weighted by molar-refractivity contribution is -0.144. The number of hydrogen-bond acceptors (Lipinski definition) is 6. The average molecular weight is 823 g/mol. The van der Waals surface area contributed by atoms with Crippen molar-refractivity contribution in [2.24, 2.45) is 35.0 Å². The number of aryl methyl sites for hydroxylation is 1. The van der Waals surface area contributed by atoms with Crippen LogP contribution in [0.4, 0.5) is 5.69 Å². The van der Waals surface area contributed by atoms with E-state index in [1.807, 2.05) is 36.5 Å². The summed E-state index contributed by atoms with van der Waals surface area (Å²) in [5, 5.41) is 18.1. The molecule has 9 heteroatoms. The summed E-state index contributed by atoms with van der Waals surface area (Å²) >= 11 is 6.33. The summed E-state index contributed by atoms with van der Waals surface area (Å²) < 4.78 is 13.0. The van der Waals surface area contributed by atoms with E-state index in [1.54, 1.807) is 0 Å². The van der Waals surface area contributed by atoms with Gasteiger partial charge in [-0.25, -0.2) is 4.79 Å². The number of carbonyl (C=O) groups excluding carboxylic acids is 1. The number of nitrogens with one attached hydrogen (secondary N) is 2. The summed E-state index contributed by atoms with van der Waals surface area (Å²) in [5.41, 5.74) is 4.92. The Morgan fingerprint density at radius 3 is 2.47 bits per heavy atom. The first-order valence-corrected chi connectivity index (χ1v) is 23.3. The topological polar surface area (TPSA) is 110 Å². The van der Waals surface area contributed by atoms with Crippen LogP contribution in [0.25, 0.3) is 0 Å². The molecule has 316 valence electrons. The van der Waals surface area contributed by atoms with Crippen molar-refractivity contribution in [1.82, 2.24) is 10.3 Å². The molecule has 3 aromatic rings. The molecule has 1 aromatic heterocycles. The van der Waals surface area contributed by atoms with Crippen LogP contribution < -0.4 is 20.1 Å². The number of fused-ring (bicyclic) bond motifs is 3. The van der Waals surface area contributed by atoms with Crippen LogP contribution in [0, 0.1) is 35.0 Å². The lowest BCUT2D eigenvalue weighted by Crippen LogP contribution is -2.53. The van der Waals surface area contributed by atoms with Gasteiger partial charge in [-0.15, -0.1) is 0 Å². The normalized spacial score (nSPS) is 31.9. The van der Waals surface area contributed by atoms with Crippen molar-refractivity contribution in [3.05, 3.63) is 82.1 Å². The summed E-state index contributed by atoms with van der Waals surface area (Å²) in [7, 11) is 0. The predicted molar refractivity (Wildman–Crippen MR) is 232 cm³/mol. The molecule has 1 spiro atoms. The number of carbonyl (C=O) groups is 2. The van der Waals surface area contributed by atoms with Crippen molar-refractivity contribution >= 4 is 29.2 Å². The third-order valence-corrected chi connectivity index (χ3v) is 16.1. The molecule has 3 atom stereocenters. The smallest absolute Gasteiger partial charge is 0.329 e. The third kappa shape index (κ3) is 8.33. The van der Waals surface area contributed by atoms with E-state index in [-0.39, 0.29) is 11.3 Å². The van der Waals surface area contributed by atoms with Gasteiger partial charge in [-0.3, -0.25) is 9.78 Å². The van der Waals surface area contributed by atoms with E-state index in [0.29, 0.717) is 67.1 Å². The molecule has 7 aliphatic carbocycles. The van der Waals surface area contributed by atoms with Gasteiger partial charge in [0, 0.05) is 41.1 Å². The molecule has 4 bridgehead atoms. The Morgan fingerprint density at radius 1 is 0.983 bits per heavy atom. The zero-order valence-electron chi connectivity index (χ0n) is 35.2. The number of nitrogens with zero attached hydrogens (tertiary/aromatic N) is 1. The maximum absolute atomic E-state index is 13.1. The monoisotopic (exact) mass is 821 g/mol. The van der Waals surface area contributed by atoms with E-state index in [2.05, 4.69) is 47.7 Å². The largest absolute Gasteiger partial charge is 0.494 e. The number of hydrogen-bond donors (Lipinski definition) is 3. The Balaban J connectivity index is 0.867. The van der Waals surface area contributed by atoms with Crippen molar-refractivity contribution in [2.75, 3.05) is 25.1 Å². The Labute approximate surface area is 356 Å². The maximum atomic E-state index is 13.1. The average Bonchev–Trinajstić information content (AvgIpc) is 3.49. The molecule has 0 aliphatic heterocycles. The number of carboxylic acid groups (broad SMARTS) is 1. The zero-order valence-corrected chi connectivity index (χ0v) is 36.0. The van der Waals surface area contributed by atoms with Crippen LogP contribution in [-0.4, -0.2) is 47.3 Å². The summed E-state index contributed by atoms with van der Waals surface area (Å²) in [6.07, 6.45) is 19.0. The van der Waals surface area contributed by atoms with E-state index < -0.39 is 11.5 Å². The van der Waals surface area contributed by atoms with Gasteiger partial charge in [-0.1, -0.05) is 37.6 Å². The molecule has 2 aromatic carbocycles. The van der Waals surface area contributed by atoms with Gasteiger partial charge in [-0.05, 0) is 197 Å². The molecule has 1 unspecified atom stereocenters. The Kier molecular flexibility index (Phi) is 11.4. The van der Waals surface area contributed by atoms with Gasteiger partial charge in [-0.2, -0.15) is 0 Å². The van der Waals surface area contributed by atoms with E-state index in [1.165, 1.54) is 73.8 Å². The van der Waals surface area contributed by atoms with Crippen molar-refractivity contribution in [3.8, 4) is 11.5 Å². The predicted octanol–water partition coefficient (Wildman–Crippen LogP) is 10.7. The minimum atomic E-state index is -1.08. The van der Waals surface area contributed by atoms with Crippen LogP contribution in [0.1, 0.15) is 138 Å². The fourth-order valence-electron chi connectivity index (χ4n) is 13.5. The van der Waals surface area contributed by atoms with E-state index in [9.17, 15) is 14.7 Å². The van der Waals surface area contributed by atoms with Crippen LogP contribution in [0.5, 0.6) is 11.5 Å². The number of ether oxygens (including phenoxy) is 2. The van der Waals surface area contributed by atoms with Crippen LogP contribution >= 0.6 is 11.6 Å². The third-order valence-electron chi connectivity index (χ3n) is 15.9.